The third kappa shape index (κ3) is 5.70. The Hall–Kier alpha value is -3.66. The zero-order valence-corrected chi connectivity index (χ0v) is 17.5. The smallest absolute Gasteiger partial charge is 0.347 e. The van der Waals surface area contributed by atoms with E-state index in [2.05, 4.69) is 14.1 Å². The Morgan fingerprint density at radius 3 is 2.03 bits per heavy atom. The molecule has 10 heteroatoms. The summed E-state index contributed by atoms with van der Waals surface area (Å²) in [5, 5.41) is 3.43. The third-order valence-electron chi connectivity index (χ3n) is 4.11. The zero-order valence-electron chi connectivity index (χ0n) is 16.7. The first-order valence-corrected chi connectivity index (χ1v) is 10.9. The minimum absolute atomic E-state index is 0.240. The summed E-state index contributed by atoms with van der Waals surface area (Å²) in [6, 6.07) is 18.2. The van der Waals surface area contributed by atoms with Crippen molar-refractivity contribution in [3.05, 3.63) is 83.1 Å². The SMILES string of the molecule is COC(=O)c1c(OS(C)(=O)=O)noc1CC(=O)OC(c1ccccc1)c1ccccc1. The second kappa shape index (κ2) is 9.43. The maximum absolute atomic E-state index is 12.7. The van der Waals surface area contributed by atoms with Crippen LogP contribution in [0.1, 0.15) is 33.3 Å². The van der Waals surface area contributed by atoms with E-state index in [4.69, 9.17) is 9.26 Å². The van der Waals surface area contributed by atoms with E-state index in [9.17, 15) is 18.0 Å². The van der Waals surface area contributed by atoms with Crippen molar-refractivity contribution >= 4 is 22.1 Å². The van der Waals surface area contributed by atoms with E-state index in [0.717, 1.165) is 24.5 Å². The van der Waals surface area contributed by atoms with Crippen molar-refractivity contribution in [2.45, 2.75) is 12.5 Å². The molecule has 0 radical (unpaired) electrons. The molecule has 0 saturated heterocycles. The van der Waals surface area contributed by atoms with E-state index in [0.29, 0.717) is 0 Å². The zero-order chi connectivity index (χ0) is 22.4. The van der Waals surface area contributed by atoms with E-state index in [-0.39, 0.29) is 5.76 Å². The molecule has 0 bridgehead atoms. The number of hydrogen-bond acceptors (Lipinski definition) is 9. The fourth-order valence-corrected chi connectivity index (χ4v) is 3.22. The molecule has 0 fully saturated rings. The molecule has 31 heavy (non-hydrogen) atoms. The highest BCUT2D eigenvalue weighted by Gasteiger charge is 2.30. The summed E-state index contributed by atoms with van der Waals surface area (Å²) >= 11 is 0. The van der Waals surface area contributed by atoms with Crippen molar-refractivity contribution in [1.29, 1.82) is 0 Å². The Bertz CT molecular complexity index is 1120. The van der Waals surface area contributed by atoms with Crippen LogP contribution in [-0.4, -0.2) is 38.9 Å². The van der Waals surface area contributed by atoms with Gasteiger partial charge < -0.3 is 18.2 Å². The van der Waals surface area contributed by atoms with Crippen molar-refractivity contribution in [2.75, 3.05) is 13.4 Å². The molecule has 9 nitrogen and oxygen atoms in total. The number of carbonyl (C=O) groups is 2. The number of methoxy groups -OCH3 is 1. The number of nitrogens with zero attached hydrogens (tertiary/aromatic N) is 1. The van der Waals surface area contributed by atoms with E-state index in [1.165, 1.54) is 0 Å². The van der Waals surface area contributed by atoms with Gasteiger partial charge in [0.2, 0.25) is 0 Å². The number of rotatable bonds is 8. The average Bonchev–Trinajstić information content (AvgIpc) is 3.12. The van der Waals surface area contributed by atoms with Gasteiger partial charge in [0.1, 0.15) is 6.42 Å². The van der Waals surface area contributed by atoms with Gasteiger partial charge in [-0.3, -0.25) is 4.79 Å². The van der Waals surface area contributed by atoms with Gasteiger partial charge in [0.25, 0.3) is 5.88 Å². The molecule has 2 aromatic carbocycles. The van der Waals surface area contributed by atoms with Crippen LogP contribution in [0, 0.1) is 0 Å². The lowest BCUT2D eigenvalue weighted by molar-refractivity contribution is -0.147. The fourth-order valence-electron chi connectivity index (χ4n) is 2.82. The summed E-state index contributed by atoms with van der Waals surface area (Å²) in [5.41, 5.74) is 1.09. The van der Waals surface area contributed by atoms with Crippen LogP contribution in [0.4, 0.5) is 0 Å². The van der Waals surface area contributed by atoms with Gasteiger partial charge >= 0.3 is 22.1 Å². The highest BCUT2D eigenvalue weighted by atomic mass is 32.2. The summed E-state index contributed by atoms with van der Waals surface area (Å²) in [7, 11) is -2.91. The van der Waals surface area contributed by atoms with Crippen molar-refractivity contribution in [1.82, 2.24) is 5.16 Å². The lowest BCUT2D eigenvalue weighted by Gasteiger charge is -2.18. The molecule has 162 valence electrons. The Labute approximate surface area is 178 Å². The second-order valence-electron chi connectivity index (χ2n) is 6.43. The van der Waals surface area contributed by atoms with Crippen molar-refractivity contribution in [2.24, 2.45) is 0 Å². The van der Waals surface area contributed by atoms with Crippen LogP contribution in [-0.2, 0) is 30.8 Å². The summed E-state index contributed by atoms with van der Waals surface area (Å²) in [6.45, 7) is 0. The van der Waals surface area contributed by atoms with Gasteiger partial charge in [-0.05, 0) is 16.3 Å². The minimum atomic E-state index is -3.99. The fraction of sp³-hybridized carbons (Fsp3) is 0.190. The Morgan fingerprint density at radius 1 is 1.00 bits per heavy atom. The van der Waals surface area contributed by atoms with Crippen LogP contribution in [0.25, 0.3) is 0 Å². The number of esters is 2. The summed E-state index contributed by atoms with van der Waals surface area (Å²) in [6.07, 6.45) is -0.423. The summed E-state index contributed by atoms with van der Waals surface area (Å²) < 4.78 is 42.7. The van der Waals surface area contributed by atoms with Crippen molar-refractivity contribution < 1.29 is 36.2 Å². The normalized spacial score (nSPS) is 11.2. The molecule has 0 saturated carbocycles. The highest BCUT2D eigenvalue weighted by Crippen LogP contribution is 2.28. The maximum Gasteiger partial charge on any atom is 0.347 e. The van der Waals surface area contributed by atoms with Gasteiger partial charge in [-0.1, -0.05) is 60.7 Å². The number of benzene rings is 2. The quantitative estimate of drug-likeness (QED) is 0.380. The third-order valence-corrected chi connectivity index (χ3v) is 4.57. The van der Waals surface area contributed by atoms with Crippen LogP contribution in [0.3, 0.4) is 0 Å². The molecule has 1 aromatic heterocycles. The van der Waals surface area contributed by atoms with E-state index in [1.807, 2.05) is 60.7 Å². The van der Waals surface area contributed by atoms with Gasteiger partial charge in [0.15, 0.2) is 17.4 Å². The van der Waals surface area contributed by atoms with Crippen LogP contribution in [0.5, 0.6) is 5.88 Å². The molecule has 3 aromatic rings. The Morgan fingerprint density at radius 2 is 1.55 bits per heavy atom. The van der Waals surface area contributed by atoms with E-state index >= 15 is 0 Å². The van der Waals surface area contributed by atoms with Gasteiger partial charge in [-0.25, -0.2) is 4.79 Å². The standard InChI is InChI=1S/C21H19NO8S/c1-27-21(24)18-16(29-22-20(18)30-31(2,25)26)13-17(23)28-19(14-9-5-3-6-10-14)15-11-7-4-8-12-15/h3-12,19H,13H2,1-2H3. The molecule has 0 aliphatic rings. The number of aromatic nitrogens is 1. The Balaban J connectivity index is 1.87. The van der Waals surface area contributed by atoms with Gasteiger partial charge in [-0.15, -0.1) is 0 Å². The van der Waals surface area contributed by atoms with Crippen LogP contribution in [0.15, 0.2) is 65.2 Å². The van der Waals surface area contributed by atoms with Crippen LogP contribution < -0.4 is 4.18 Å². The molecule has 0 atom stereocenters. The van der Waals surface area contributed by atoms with Crippen molar-refractivity contribution in [3.63, 3.8) is 0 Å². The van der Waals surface area contributed by atoms with E-state index in [1.54, 1.807) is 0 Å². The molecule has 0 aliphatic heterocycles. The molecule has 0 unspecified atom stereocenters. The highest BCUT2D eigenvalue weighted by molar-refractivity contribution is 7.86. The molecule has 0 aliphatic carbocycles. The lowest BCUT2D eigenvalue weighted by Crippen LogP contribution is -2.16. The minimum Gasteiger partial charge on any atom is -0.465 e. The lowest BCUT2D eigenvalue weighted by atomic mass is 10.0. The molecule has 0 N–H and O–H groups in total. The molecule has 0 amide bonds. The number of ether oxygens (including phenoxy) is 2. The van der Waals surface area contributed by atoms with Gasteiger partial charge in [0, 0.05) is 0 Å². The topological polar surface area (TPSA) is 122 Å². The second-order valence-corrected chi connectivity index (χ2v) is 8.01. The molecule has 1 heterocycles. The predicted molar refractivity (Wildman–Crippen MR) is 108 cm³/mol. The van der Waals surface area contributed by atoms with E-state index < -0.39 is 46.0 Å². The van der Waals surface area contributed by atoms with Gasteiger partial charge in [-0.2, -0.15) is 8.42 Å². The molecular formula is C21H19NO8S. The first-order valence-electron chi connectivity index (χ1n) is 9.04. The number of carbonyl (C=O) groups excluding carboxylic acids is 2. The first-order chi connectivity index (χ1) is 14.8. The summed E-state index contributed by atoms with van der Waals surface area (Å²) in [4.78, 5) is 24.8. The molecule has 3 rings (SSSR count). The monoisotopic (exact) mass is 445 g/mol. The first kappa shape index (κ1) is 22.0. The molecule has 0 spiro atoms. The summed E-state index contributed by atoms with van der Waals surface area (Å²) in [5.74, 6) is -2.55. The van der Waals surface area contributed by atoms with Crippen LogP contribution in [0.2, 0.25) is 0 Å². The van der Waals surface area contributed by atoms with Gasteiger partial charge in [0.05, 0.1) is 13.4 Å². The molecular weight excluding hydrogens is 426 g/mol. The Kier molecular flexibility index (Phi) is 6.71. The maximum atomic E-state index is 12.7. The average molecular weight is 445 g/mol. The predicted octanol–water partition coefficient (Wildman–Crippen LogP) is 2.67. The van der Waals surface area contributed by atoms with Crippen molar-refractivity contribution in [3.8, 4) is 5.88 Å². The van der Waals surface area contributed by atoms with Crippen LogP contribution >= 0.6 is 0 Å². The number of hydrogen-bond donors (Lipinski definition) is 0. The largest absolute Gasteiger partial charge is 0.465 e.